The fourth-order valence-electron chi connectivity index (χ4n) is 4.58. The first kappa shape index (κ1) is 21.7. The molecular weight excluding hydrogens is 429 g/mol. The maximum atomic E-state index is 13.8. The SMILES string of the molecule is Cc1c(C)n(Cc2cccc(F)c2)c2c(N3CCc4ccccc4C3)ncc(S)c12.Cl. The summed E-state index contributed by atoms with van der Waals surface area (Å²) < 4.78 is 16.1. The van der Waals surface area contributed by atoms with Gasteiger partial charge in [0.05, 0.1) is 5.52 Å². The van der Waals surface area contributed by atoms with Gasteiger partial charge in [-0.1, -0.05) is 36.4 Å². The highest BCUT2D eigenvalue weighted by atomic mass is 35.5. The van der Waals surface area contributed by atoms with Gasteiger partial charge in [-0.2, -0.15) is 0 Å². The van der Waals surface area contributed by atoms with E-state index in [0.29, 0.717) is 6.54 Å². The normalized spacial score (nSPS) is 13.2. The predicted octanol–water partition coefficient (Wildman–Crippen LogP) is 6.11. The summed E-state index contributed by atoms with van der Waals surface area (Å²) in [4.78, 5) is 8.07. The molecule has 0 aliphatic carbocycles. The van der Waals surface area contributed by atoms with Gasteiger partial charge in [0.2, 0.25) is 0 Å². The minimum absolute atomic E-state index is 0. The van der Waals surface area contributed by atoms with Crippen LogP contribution < -0.4 is 4.90 Å². The van der Waals surface area contributed by atoms with E-state index in [9.17, 15) is 4.39 Å². The maximum Gasteiger partial charge on any atom is 0.153 e. The van der Waals surface area contributed by atoms with Crippen molar-refractivity contribution in [1.29, 1.82) is 0 Å². The Morgan fingerprint density at radius 2 is 1.84 bits per heavy atom. The van der Waals surface area contributed by atoms with E-state index in [0.717, 1.165) is 52.4 Å². The quantitative estimate of drug-likeness (QED) is 0.377. The molecule has 3 heterocycles. The zero-order chi connectivity index (χ0) is 20.8. The first-order valence-corrected chi connectivity index (χ1v) is 10.7. The molecule has 0 N–H and O–H groups in total. The number of fused-ring (bicyclic) bond motifs is 2. The van der Waals surface area contributed by atoms with Crippen LogP contribution in [0.1, 0.15) is 27.9 Å². The van der Waals surface area contributed by atoms with Crippen molar-refractivity contribution < 1.29 is 4.39 Å². The van der Waals surface area contributed by atoms with Crippen molar-refractivity contribution in [2.75, 3.05) is 11.4 Å². The fraction of sp³-hybridized carbons (Fsp3) is 0.240. The summed E-state index contributed by atoms with van der Waals surface area (Å²) in [5, 5.41) is 1.14. The first-order chi connectivity index (χ1) is 14.5. The largest absolute Gasteiger partial charge is 0.350 e. The van der Waals surface area contributed by atoms with Crippen molar-refractivity contribution in [1.82, 2.24) is 9.55 Å². The lowest BCUT2D eigenvalue weighted by Gasteiger charge is -2.30. The molecule has 0 spiro atoms. The molecule has 2 aromatic carbocycles. The number of benzene rings is 2. The predicted molar refractivity (Wildman–Crippen MR) is 130 cm³/mol. The standard InChI is InChI=1S/C25H24FN3S.ClH/c1-16-17(2)29(14-18-6-5-9-21(26)12-18)24-23(16)22(30)13-27-25(24)28-11-10-19-7-3-4-8-20(19)15-28;/h3-9,12-13,30H,10-11,14-15H2,1-2H3;1H. The van der Waals surface area contributed by atoms with Crippen LogP contribution in [-0.4, -0.2) is 16.1 Å². The topological polar surface area (TPSA) is 21.1 Å². The highest BCUT2D eigenvalue weighted by Crippen LogP contribution is 2.37. The second-order valence-electron chi connectivity index (χ2n) is 8.06. The molecule has 0 saturated heterocycles. The van der Waals surface area contributed by atoms with Gasteiger partial charge in [0, 0.05) is 41.8 Å². The molecule has 2 aromatic heterocycles. The number of rotatable bonds is 3. The molecule has 31 heavy (non-hydrogen) atoms. The number of anilines is 1. The van der Waals surface area contributed by atoms with E-state index in [1.165, 1.54) is 22.8 Å². The van der Waals surface area contributed by atoms with Crippen LogP contribution in [0.2, 0.25) is 0 Å². The number of aryl methyl sites for hydroxylation is 1. The number of thiol groups is 1. The lowest BCUT2D eigenvalue weighted by atomic mass is 10.00. The first-order valence-electron chi connectivity index (χ1n) is 10.3. The van der Waals surface area contributed by atoms with Crippen LogP contribution in [-0.2, 0) is 19.5 Å². The summed E-state index contributed by atoms with van der Waals surface area (Å²) in [5.74, 6) is 0.768. The monoisotopic (exact) mass is 453 g/mol. The van der Waals surface area contributed by atoms with Crippen LogP contribution >= 0.6 is 25.0 Å². The summed E-state index contributed by atoms with van der Waals surface area (Å²) >= 11 is 4.73. The van der Waals surface area contributed by atoms with Gasteiger partial charge in [0.1, 0.15) is 5.82 Å². The number of halogens is 2. The second kappa shape index (κ2) is 8.56. The molecule has 0 unspecified atom stereocenters. The number of pyridine rings is 1. The summed E-state index contributed by atoms with van der Waals surface area (Å²) in [6.07, 6.45) is 2.87. The number of hydrogen-bond acceptors (Lipinski definition) is 3. The Bertz CT molecular complexity index is 1270. The van der Waals surface area contributed by atoms with Crippen LogP contribution in [0.25, 0.3) is 10.9 Å². The molecule has 0 bridgehead atoms. The van der Waals surface area contributed by atoms with Crippen molar-refractivity contribution in [3.8, 4) is 0 Å². The van der Waals surface area contributed by atoms with E-state index >= 15 is 0 Å². The molecule has 0 fully saturated rings. The van der Waals surface area contributed by atoms with E-state index in [-0.39, 0.29) is 18.2 Å². The third-order valence-corrected chi connectivity index (χ3v) is 6.61. The molecule has 160 valence electrons. The minimum Gasteiger partial charge on any atom is -0.350 e. The smallest absolute Gasteiger partial charge is 0.153 e. The molecule has 0 radical (unpaired) electrons. The Morgan fingerprint density at radius 1 is 1.06 bits per heavy atom. The van der Waals surface area contributed by atoms with Gasteiger partial charge in [-0.25, -0.2) is 9.37 Å². The van der Waals surface area contributed by atoms with Crippen molar-refractivity contribution in [2.24, 2.45) is 0 Å². The molecule has 0 atom stereocenters. The lowest BCUT2D eigenvalue weighted by molar-refractivity contribution is 0.623. The van der Waals surface area contributed by atoms with Crippen LogP contribution in [0.4, 0.5) is 10.2 Å². The summed E-state index contributed by atoms with van der Waals surface area (Å²) in [6.45, 7) is 6.62. The molecule has 0 amide bonds. The van der Waals surface area contributed by atoms with Gasteiger partial charge >= 0.3 is 0 Å². The van der Waals surface area contributed by atoms with Crippen molar-refractivity contribution in [3.63, 3.8) is 0 Å². The van der Waals surface area contributed by atoms with Crippen LogP contribution in [0, 0.1) is 19.7 Å². The third-order valence-electron chi connectivity index (χ3n) is 6.27. The zero-order valence-corrected chi connectivity index (χ0v) is 19.3. The van der Waals surface area contributed by atoms with Gasteiger partial charge in [-0.3, -0.25) is 0 Å². The van der Waals surface area contributed by atoms with E-state index in [1.807, 2.05) is 12.3 Å². The van der Waals surface area contributed by atoms with Crippen molar-refractivity contribution >= 4 is 41.8 Å². The number of nitrogens with zero attached hydrogens (tertiary/aromatic N) is 3. The molecule has 5 rings (SSSR count). The molecule has 3 nitrogen and oxygen atoms in total. The molecule has 1 aliphatic heterocycles. The van der Waals surface area contributed by atoms with E-state index in [2.05, 4.69) is 47.6 Å². The minimum atomic E-state index is -0.209. The fourth-order valence-corrected chi connectivity index (χ4v) is 4.91. The van der Waals surface area contributed by atoms with Gasteiger partial charge in [-0.15, -0.1) is 25.0 Å². The summed E-state index contributed by atoms with van der Waals surface area (Å²) in [7, 11) is 0. The van der Waals surface area contributed by atoms with Crippen molar-refractivity contribution in [2.45, 2.75) is 38.3 Å². The van der Waals surface area contributed by atoms with E-state index < -0.39 is 0 Å². The van der Waals surface area contributed by atoms with E-state index in [1.54, 1.807) is 12.1 Å². The van der Waals surface area contributed by atoms with Gasteiger partial charge in [0.15, 0.2) is 5.82 Å². The van der Waals surface area contributed by atoms with E-state index in [4.69, 9.17) is 17.6 Å². The Labute approximate surface area is 193 Å². The van der Waals surface area contributed by atoms with Crippen molar-refractivity contribution in [3.05, 3.63) is 88.5 Å². The molecular formula is C25H25ClFN3S. The maximum absolute atomic E-state index is 13.8. The summed E-state index contributed by atoms with van der Waals surface area (Å²) in [6, 6.07) is 15.5. The molecule has 4 aromatic rings. The van der Waals surface area contributed by atoms with Gasteiger partial charge in [0.25, 0.3) is 0 Å². The number of aromatic nitrogens is 2. The Morgan fingerprint density at radius 3 is 2.61 bits per heavy atom. The highest BCUT2D eigenvalue weighted by molar-refractivity contribution is 7.80. The third kappa shape index (κ3) is 3.81. The molecule has 0 saturated carbocycles. The highest BCUT2D eigenvalue weighted by Gasteiger charge is 2.24. The van der Waals surface area contributed by atoms with Crippen LogP contribution in [0.3, 0.4) is 0 Å². The number of hydrogen-bond donors (Lipinski definition) is 1. The Hall–Kier alpha value is -2.50. The zero-order valence-electron chi connectivity index (χ0n) is 17.6. The molecule has 1 aliphatic rings. The second-order valence-corrected chi connectivity index (χ2v) is 8.54. The Kier molecular flexibility index (Phi) is 6.00. The van der Waals surface area contributed by atoms with Gasteiger partial charge in [-0.05, 0) is 54.7 Å². The molecule has 6 heteroatoms. The average molecular weight is 454 g/mol. The van der Waals surface area contributed by atoms with Crippen LogP contribution in [0.5, 0.6) is 0 Å². The lowest BCUT2D eigenvalue weighted by Crippen LogP contribution is -2.31. The van der Waals surface area contributed by atoms with Crippen LogP contribution in [0.15, 0.2) is 59.6 Å². The summed E-state index contributed by atoms with van der Waals surface area (Å²) in [5.41, 5.74) is 7.16. The average Bonchev–Trinajstić information content (AvgIpc) is 3.00. The Balaban J connectivity index is 0.00000231. The van der Waals surface area contributed by atoms with Gasteiger partial charge < -0.3 is 9.47 Å².